The molecule has 2 aliphatic rings. The van der Waals surface area contributed by atoms with Gasteiger partial charge in [-0.25, -0.2) is 0 Å². The molecule has 2 heteroatoms. The number of ether oxygens (including phenoxy) is 1. The summed E-state index contributed by atoms with van der Waals surface area (Å²) >= 11 is 0. The summed E-state index contributed by atoms with van der Waals surface area (Å²) in [5.74, 6) is 0. The first kappa shape index (κ1) is 9.37. The lowest BCUT2D eigenvalue weighted by atomic mass is 10.0. The van der Waals surface area contributed by atoms with Gasteiger partial charge >= 0.3 is 0 Å². The third-order valence-corrected chi connectivity index (χ3v) is 3.53. The van der Waals surface area contributed by atoms with E-state index in [1.807, 2.05) is 0 Å². The monoisotopic (exact) mass is 203 g/mol. The number of epoxide rings is 1. The fraction of sp³-hybridized carbons (Fsp3) is 0.538. The van der Waals surface area contributed by atoms with Crippen LogP contribution in [0.25, 0.3) is 0 Å². The fourth-order valence-electron chi connectivity index (χ4n) is 2.48. The van der Waals surface area contributed by atoms with Crippen LogP contribution in [0.1, 0.15) is 18.9 Å². The molecular weight excluding hydrogens is 186 g/mol. The first-order valence-electron chi connectivity index (χ1n) is 5.76. The number of hydrogen-bond acceptors (Lipinski definition) is 2. The van der Waals surface area contributed by atoms with Gasteiger partial charge in [-0.15, -0.1) is 0 Å². The largest absolute Gasteiger partial charge is 0.368 e. The van der Waals surface area contributed by atoms with Crippen LogP contribution in [0.4, 0.5) is 0 Å². The second kappa shape index (κ2) is 3.62. The highest BCUT2D eigenvalue weighted by Crippen LogP contribution is 2.34. The molecule has 0 bridgehead atoms. The highest BCUT2D eigenvalue weighted by molar-refractivity contribution is 5.15. The van der Waals surface area contributed by atoms with Gasteiger partial charge in [0.1, 0.15) is 0 Å². The van der Waals surface area contributed by atoms with E-state index in [1.54, 1.807) is 0 Å². The molecule has 3 atom stereocenters. The van der Waals surface area contributed by atoms with Gasteiger partial charge in [0.25, 0.3) is 0 Å². The van der Waals surface area contributed by atoms with Gasteiger partial charge in [-0.05, 0) is 18.9 Å². The molecule has 0 radical (unpaired) electrons. The van der Waals surface area contributed by atoms with E-state index in [-0.39, 0.29) is 0 Å². The van der Waals surface area contributed by atoms with Crippen molar-refractivity contribution in [1.82, 2.24) is 4.90 Å². The van der Waals surface area contributed by atoms with E-state index < -0.39 is 0 Å². The minimum absolute atomic E-state index is 0.532. The lowest BCUT2D eigenvalue weighted by Crippen LogP contribution is -2.40. The van der Waals surface area contributed by atoms with Crippen molar-refractivity contribution in [3.8, 4) is 0 Å². The zero-order chi connectivity index (χ0) is 10.3. The lowest BCUT2D eigenvalue weighted by Gasteiger charge is -2.31. The van der Waals surface area contributed by atoms with Crippen molar-refractivity contribution in [3.05, 3.63) is 35.9 Å². The molecular formula is C13H17NO. The van der Waals surface area contributed by atoms with Gasteiger partial charge in [0.2, 0.25) is 0 Å². The number of hydrogen-bond donors (Lipinski definition) is 0. The summed E-state index contributed by atoms with van der Waals surface area (Å²) in [4.78, 5) is 2.53. The molecule has 0 amide bonds. The lowest BCUT2D eigenvalue weighted by molar-refractivity contribution is 0.170. The maximum absolute atomic E-state index is 5.57. The highest BCUT2D eigenvalue weighted by Gasteiger charge is 2.45. The molecule has 0 N–H and O–H groups in total. The van der Waals surface area contributed by atoms with Crippen molar-refractivity contribution in [1.29, 1.82) is 0 Å². The molecule has 2 fully saturated rings. The van der Waals surface area contributed by atoms with E-state index in [9.17, 15) is 0 Å². The van der Waals surface area contributed by atoms with Crippen LogP contribution < -0.4 is 0 Å². The van der Waals surface area contributed by atoms with Crippen molar-refractivity contribution in [2.24, 2.45) is 0 Å². The Labute approximate surface area is 90.8 Å². The second-order valence-corrected chi connectivity index (χ2v) is 4.71. The van der Waals surface area contributed by atoms with Crippen molar-refractivity contribution < 1.29 is 4.74 Å². The third kappa shape index (κ3) is 1.92. The maximum atomic E-state index is 5.57. The molecule has 1 aromatic rings. The van der Waals surface area contributed by atoms with Gasteiger partial charge in [0.15, 0.2) is 0 Å². The van der Waals surface area contributed by atoms with Crippen molar-refractivity contribution in [2.75, 3.05) is 6.54 Å². The van der Waals surface area contributed by atoms with Crippen LogP contribution in [0.5, 0.6) is 0 Å². The molecule has 0 saturated carbocycles. The van der Waals surface area contributed by atoms with E-state index in [0.29, 0.717) is 18.2 Å². The van der Waals surface area contributed by atoms with Crippen LogP contribution in [0.3, 0.4) is 0 Å². The van der Waals surface area contributed by atoms with Gasteiger partial charge in [0, 0.05) is 19.1 Å². The van der Waals surface area contributed by atoms with E-state index in [4.69, 9.17) is 4.74 Å². The van der Waals surface area contributed by atoms with Crippen molar-refractivity contribution in [2.45, 2.75) is 38.1 Å². The molecule has 0 spiro atoms. The Morgan fingerprint density at radius 2 is 2.07 bits per heavy atom. The molecule has 0 aromatic heterocycles. The Bertz CT molecular complexity index is 338. The van der Waals surface area contributed by atoms with Gasteiger partial charge in [-0.2, -0.15) is 0 Å². The summed E-state index contributed by atoms with van der Waals surface area (Å²) in [6, 6.07) is 11.4. The number of nitrogens with zero attached hydrogens (tertiary/aromatic N) is 1. The Morgan fingerprint density at radius 1 is 1.27 bits per heavy atom. The number of likely N-dealkylation sites (tertiary alicyclic amines) is 1. The number of piperidine rings is 1. The summed E-state index contributed by atoms with van der Waals surface area (Å²) in [5.41, 5.74) is 1.41. The first-order chi connectivity index (χ1) is 7.33. The number of rotatable bonds is 2. The molecule has 2 nitrogen and oxygen atoms in total. The Morgan fingerprint density at radius 3 is 2.87 bits per heavy atom. The molecule has 3 rings (SSSR count). The Hall–Kier alpha value is -0.860. The van der Waals surface area contributed by atoms with Gasteiger partial charge in [-0.3, -0.25) is 4.90 Å². The Balaban J connectivity index is 1.67. The fourth-order valence-corrected chi connectivity index (χ4v) is 2.48. The predicted molar refractivity (Wildman–Crippen MR) is 59.6 cm³/mol. The average Bonchev–Trinajstić information content (AvgIpc) is 2.98. The van der Waals surface area contributed by atoms with E-state index >= 15 is 0 Å². The summed E-state index contributed by atoms with van der Waals surface area (Å²) in [6.45, 7) is 4.48. The standard InChI is InChI=1S/C13H17NO/c1-10-7-12-13(15-12)9-14(10)8-11-5-3-2-4-6-11/h2-6,10,12-13H,7-9H2,1H3. The molecule has 80 valence electrons. The predicted octanol–water partition coefficient (Wildman–Crippen LogP) is 2.05. The zero-order valence-corrected chi connectivity index (χ0v) is 9.10. The van der Waals surface area contributed by atoms with Crippen LogP contribution in [-0.2, 0) is 11.3 Å². The van der Waals surface area contributed by atoms with Crippen LogP contribution in [0.15, 0.2) is 30.3 Å². The zero-order valence-electron chi connectivity index (χ0n) is 9.10. The minimum Gasteiger partial charge on any atom is -0.368 e. The Kier molecular flexibility index (Phi) is 2.26. The average molecular weight is 203 g/mol. The summed E-state index contributed by atoms with van der Waals surface area (Å²) < 4.78 is 5.57. The molecule has 2 aliphatic heterocycles. The van der Waals surface area contributed by atoms with Crippen LogP contribution in [-0.4, -0.2) is 29.7 Å². The van der Waals surface area contributed by atoms with E-state index in [0.717, 1.165) is 13.1 Å². The number of benzene rings is 1. The maximum Gasteiger partial charge on any atom is 0.0969 e. The smallest absolute Gasteiger partial charge is 0.0969 e. The van der Waals surface area contributed by atoms with Crippen molar-refractivity contribution >= 4 is 0 Å². The molecule has 15 heavy (non-hydrogen) atoms. The summed E-state index contributed by atoms with van der Waals surface area (Å²) in [5, 5.41) is 0. The van der Waals surface area contributed by atoms with Crippen LogP contribution in [0, 0.1) is 0 Å². The van der Waals surface area contributed by atoms with Gasteiger partial charge in [-0.1, -0.05) is 30.3 Å². The normalized spacial score (nSPS) is 34.9. The van der Waals surface area contributed by atoms with Crippen molar-refractivity contribution in [3.63, 3.8) is 0 Å². The van der Waals surface area contributed by atoms with Gasteiger partial charge in [0.05, 0.1) is 12.2 Å². The SMILES string of the molecule is CC1CC2OC2CN1Cc1ccccc1. The van der Waals surface area contributed by atoms with E-state index in [1.165, 1.54) is 12.0 Å². The molecule has 2 heterocycles. The van der Waals surface area contributed by atoms with Gasteiger partial charge < -0.3 is 4.74 Å². The molecule has 3 unspecified atom stereocenters. The summed E-state index contributed by atoms with van der Waals surface area (Å²) in [7, 11) is 0. The van der Waals surface area contributed by atoms with Crippen LogP contribution >= 0.6 is 0 Å². The third-order valence-electron chi connectivity index (χ3n) is 3.53. The molecule has 2 saturated heterocycles. The topological polar surface area (TPSA) is 15.8 Å². The molecule has 1 aromatic carbocycles. The number of fused-ring (bicyclic) bond motifs is 1. The highest BCUT2D eigenvalue weighted by atomic mass is 16.6. The minimum atomic E-state index is 0.532. The van der Waals surface area contributed by atoms with E-state index in [2.05, 4.69) is 42.2 Å². The quantitative estimate of drug-likeness (QED) is 0.684. The van der Waals surface area contributed by atoms with Crippen LogP contribution in [0.2, 0.25) is 0 Å². The first-order valence-corrected chi connectivity index (χ1v) is 5.76. The summed E-state index contributed by atoms with van der Waals surface area (Å²) in [6.07, 6.45) is 2.31. The molecule has 0 aliphatic carbocycles. The second-order valence-electron chi connectivity index (χ2n) is 4.71.